The number of sulfonamides is 1. The van der Waals surface area contributed by atoms with E-state index < -0.39 is 15.8 Å². The van der Waals surface area contributed by atoms with E-state index in [0.29, 0.717) is 17.9 Å². The third kappa shape index (κ3) is 4.01. The Hall–Kier alpha value is -2.89. The fourth-order valence-electron chi connectivity index (χ4n) is 3.22. The summed E-state index contributed by atoms with van der Waals surface area (Å²) in [7, 11) is -1.81. The number of ether oxygens (including phenoxy) is 1. The van der Waals surface area contributed by atoms with E-state index in [4.69, 9.17) is 10.00 Å². The number of hydrogen-bond acceptors (Lipinski definition) is 4. The molecule has 0 radical (unpaired) electrons. The zero-order valence-corrected chi connectivity index (χ0v) is 16.5. The highest BCUT2D eigenvalue weighted by molar-refractivity contribution is 7.92. The fraction of sp³-hybridized carbons (Fsp3) is 0.250. The Morgan fingerprint density at radius 3 is 2.64 bits per heavy atom. The van der Waals surface area contributed by atoms with Gasteiger partial charge in [0.05, 0.1) is 35.7 Å². The summed E-state index contributed by atoms with van der Waals surface area (Å²) >= 11 is 0. The van der Waals surface area contributed by atoms with Crippen LogP contribution < -0.4 is 4.72 Å². The molecule has 0 bridgehead atoms. The largest absolute Gasteiger partial charge is 0.383 e. The predicted octanol–water partition coefficient (Wildman–Crippen LogP) is 3.90. The van der Waals surface area contributed by atoms with Crippen LogP contribution in [0.4, 0.5) is 10.1 Å². The Morgan fingerprint density at radius 1 is 1.29 bits per heavy atom. The average Bonchev–Trinajstić information content (AvgIpc) is 2.99. The standard InChI is InChI=1S/C20H20FN3O3S/c1-13(12-27-2)24-11-18(14-4-5-15(10-22)19(21)8-14)17-7-6-16(9-20(17)24)23-28(3,25)26/h4-9,11,13,23H,12H2,1-3H3. The van der Waals surface area contributed by atoms with E-state index in [0.717, 1.165) is 22.7 Å². The number of nitriles is 1. The molecule has 3 rings (SSSR count). The lowest BCUT2D eigenvalue weighted by molar-refractivity contribution is 0.164. The minimum atomic E-state index is -3.41. The van der Waals surface area contributed by atoms with Gasteiger partial charge >= 0.3 is 0 Å². The van der Waals surface area contributed by atoms with Gasteiger partial charge in [0.2, 0.25) is 10.0 Å². The monoisotopic (exact) mass is 401 g/mol. The highest BCUT2D eigenvalue weighted by Crippen LogP contribution is 2.35. The Morgan fingerprint density at radius 2 is 2.04 bits per heavy atom. The smallest absolute Gasteiger partial charge is 0.229 e. The molecule has 2 aromatic carbocycles. The normalized spacial score (nSPS) is 12.7. The molecule has 1 heterocycles. The van der Waals surface area contributed by atoms with Crippen LogP contribution in [-0.4, -0.2) is 33.0 Å². The van der Waals surface area contributed by atoms with Crippen molar-refractivity contribution < 1.29 is 17.5 Å². The second-order valence-electron chi connectivity index (χ2n) is 6.67. The van der Waals surface area contributed by atoms with Crippen LogP contribution in [0.5, 0.6) is 0 Å². The van der Waals surface area contributed by atoms with Gasteiger partial charge in [0.1, 0.15) is 11.9 Å². The number of anilines is 1. The highest BCUT2D eigenvalue weighted by atomic mass is 32.2. The van der Waals surface area contributed by atoms with Crippen LogP contribution in [0, 0.1) is 17.1 Å². The molecule has 1 atom stereocenters. The Kier molecular flexibility index (Phi) is 5.40. The van der Waals surface area contributed by atoms with E-state index in [9.17, 15) is 12.8 Å². The van der Waals surface area contributed by atoms with Gasteiger partial charge in [0, 0.05) is 24.3 Å². The van der Waals surface area contributed by atoms with Crippen LogP contribution in [0.3, 0.4) is 0 Å². The van der Waals surface area contributed by atoms with Crippen molar-refractivity contribution in [3.8, 4) is 17.2 Å². The molecule has 1 N–H and O–H groups in total. The third-order valence-corrected chi connectivity index (χ3v) is 5.03. The molecule has 0 aliphatic rings. The van der Waals surface area contributed by atoms with Crippen molar-refractivity contribution >= 4 is 26.6 Å². The molecule has 0 saturated carbocycles. The molecule has 3 aromatic rings. The van der Waals surface area contributed by atoms with Crippen molar-refractivity contribution in [3.05, 3.63) is 54.0 Å². The molecule has 0 aliphatic carbocycles. The second-order valence-corrected chi connectivity index (χ2v) is 8.42. The van der Waals surface area contributed by atoms with Gasteiger partial charge in [-0.2, -0.15) is 5.26 Å². The molecule has 6 nitrogen and oxygen atoms in total. The van der Waals surface area contributed by atoms with Gasteiger partial charge in [-0.15, -0.1) is 0 Å². The highest BCUT2D eigenvalue weighted by Gasteiger charge is 2.16. The summed E-state index contributed by atoms with van der Waals surface area (Å²) in [6.07, 6.45) is 2.98. The Labute approximate surface area is 163 Å². The first-order valence-corrected chi connectivity index (χ1v) is 10.4. The lowest BCUT2D eigenvalue weighted by atomic mass is 10.0. The maximum Gasteiger partial charge on any atom is 0.229 e. The van der Waals surface area contributed by atoms with Crippen LogP contribution in [0.25, 0.3) is 22.0 Å². The van der Waals surface area contributed by atoms with Gasteiger partial charge in [-0.3, -0.25) is 4.72 Å². The molecule has 0 spiro atoms. The van der Waals surface area contributed by atoms with Crippen molar-refractivity contribution in [1.29, 1.82) is 5.26 Å². The van der Waals surface area contributed by atoms with Crippen LogP contribution in [0.15, 0.2) is 42.6 Å². The number of rotatable bonds is 6. The summed E-state index contributed by atoms with van der Waals surface area (Å²) in [5.41, 5.74) is 2.63. The molecule has 0 fully saturated rings. The summed E-state index contributed by atoms with van der Waals surface area (Å²) in [6, 6.07) is 11.5. The van der Waals surface area contributed by atoms with E-state index in [2.05, 4.69) is 4.72 Å². The summed E-state index contributed by atoms with van der Waals surface area (Å²) in [5, 5.41) is 9.79. The third-order valence-electron chi connectivity index (χ3n) is 4.42. The fourth-order valence-corrected chi connectivity index (χ4v) is 3.77. The molecule has 0 amide bonds. The van der Waals surface area contributed by atoms with Crippen LogP contribution in [0.2, 0.25) is 0 Å². The Bertz CT molecular complexity index is 1180. The molecular weight excluding hydrogens is 381 g/mol. The number of benzene rings is 2. The zero-order chi connectivity index (χ0) is 20.5. The maximum atomic E-state index is 14.1. The van der Waals surface area contributed by atoms with Gasteiger partial charge < -0.3 is 9.30 Å². The van der Waals surface area contributed by atoms with Crippen molar-refractivity contribution in [2.24, 2.45) is 0 Å². The van der Waals surface area contributed by atoms with Crippen molar-refractivity contribution in [2.75, 3.05) is 24.7 Å². The van der Waals surface area contributed by atoms with Crippen LogP contribution >= 0.6 is 0 Å². The minimum absolute atomic E-state index is 0.0140. The Balaban J connectivity index is 2.21. The van der Waals surface area contributed by atoms with Gasteiger partial charge in [-0.1, -0.05) is 12.1 Å². The first kappa shape index (κ1) is 19.9. The lowest BCUT2D eigenvalue weighted by Gasteiger charge is -2.14. The summed E-state index contributed by atoms with van der Waals surface area (Å²) in [6.45, 7) is 2.43. The molecule has 28 heavy (non-hydrogen) atoms. The molecule has 0 saturated heterocycles. The first-order valence-electron chi connectivity index (χ1n) is 8.55. The quantitative estimate of drug-likeness (QED) is 0.679. The van der Waals surface area contributed by atoms with Crippen molar-refractivity contribution in [3.63, 3.8) is 0 Å². The molecule has 0 aliphatic heterocycles. The number of aromatic nitrogens is 1. The first-order chi connectivity index (χ1) is 13.2. The maximum absolute atomic E-state index is 14.1. The van der Waals surface area contributed by atoms with E-state index in [1.165, 1.54) is 12.1 Å². The summed E-state index contributed by atoms with van der Waals surface area (Å²) < 4.78 is 47.0. The van der Waals surface area contributed by atoms with Crippen LogP contribution in [0.1, 0.15) is 18.5 Å². The van der Waals surface area contributed by atoms with Gasteiger partial charge in [-0.25, -0.2) is 12.8 Å². The number of hydrogen-bond donors (Lipinski definition) is 1. The SMILES string of the molecule is COCC(C)n1cc(-c2ccc(C#N)c(F)c2)c2ccc(NS(C)(=O)=O)cc21. The molecule has 1 aromatic heterocycles. The molecule has 8 heteroatoms. The van der Waals surface area contributed by atoms with Crippen LogP contribution in [-0.2, 0) is 14.8 Å². The van der Waals surface area contributed by atoms with Gasteiger partial charge in [0.15, 0.2) is 0 Å². The number of nitrogens with one attached hydrogen (secondary N) is 1. The number of nitrogens with zero attached hydrogens (tertiary/aromatic N) is 2. The number of halogens is 1. The summed E-state index contributed by atoms with van der Waals surface area (Å²) in [4.78, 5) is 0. The molecule has 1 unspecified atom stereocenters. The molecular formula is C20H20FN3O3S. The number of methoxy groups -OCH3 is 1. The average molecular weight is 401 g/mol. The van der Waals surface area contributed by atoms with Gasteiger partial charge in [0.25, 0.3) is 0 Å². The lowest BCUT2D eigenvalue weighted by Crippen LogP contribution is -2.11. The topological polar surface area (TPSA) is 84.1 Å². The van der Waals surface area contributed by atoms with E-state index in [1.54, 1.807) is 31.4 Å². The van der Waals surface area contributed by atoms with Gasteiger partial charge in [-0.05, 0) is 36.8 Å². The number of fused-ring (bicyclic) bond motifs is 1. The van der Waals surface area contributed by atoms with Crippen molar-refractivity contribution in [1.82, 2.24) is 4.57 Å². The minimum Gasteiger partial charge on any atom is -0.383 e. The molecule has 146 valence electrons. The predicted molar refractivity (Wildman–Crippen MR) is 107 cm³/mol. The summed E-state index contributed by atoms with van der Waals surface area (Å²) in [5.74, 6) is -0.582. The zero-order valence-electron chi connectivity index (χ0n) is 15.7. The van der Waals surface area contributed by atoms with E-state index >= 15 is 0 Å². The van der Waals surface area contributed by atoms with E-state index in [-0.39, 0.29) is 11.6 Å². The van der Waals surface area contributed by atoms with E-state index in [1.807, 2.05) is 23.8 Å². The second kappa shape index (κ2) is 7.62. The van der Waals surface area contributed by atoms with Crippen molar-refractivity contribution in [2.45, 2.75) is 13.0 Å².